The molecule has 5 heteroatoms. The zero-order valence-corrected chi connectivity index (χ0v) is 15.4. The first-order chi connectivity index (χ1) is 13.2. The highest BCUT2D eigenvalue weighted by Gasteiger charge is 2.44. The first kappa shape index (κ1) is 17.5. The van der Waals surface area contributed by atoms with Gasteiger partial charge in [0.05, 0.1) is 6.04 Å². The first-order valence-corrected chi connectivity index (χ1v) is 9.75. The molecule has 4 nitrogen and oxygen atoms in total. The maximum Gasteiger partial charge on any atom is 0.313 e. The minimum Gasteiger partial charge on any atom is -0.481 e. The van der Waals surface area contributed by atoms with Crippen LogP contribution in [0.25, 0.3) is 0 Å². The summed E-state index contributed by atoms with van der Waals surface area (Å²) in [6.07, 6.45) is 0.683. The van der Waals surface area contributed by atoms with Crippen LogP contribution in [0.5, 0.6) is 0 Å². The Kier molecular flexibility index (Phi) is 4.77. The van der Waals surface area contributed by atoms with Crippen molar-refractivity contribution in [3.63, 3.8) is 0 Å². The summed E-state index contributed by atoms with van der Waals surface area (Å²) in [4.78, 5) is 28.1. The van der Waals surface area contributed by atoms with Crippen LogP contribution in [-0.2, 0) is 11.2 Å². The van der Waals surface area contributed by atoms with E-state index in [-0.39, 0.29) is 5.91 Å². The number of nitrogens with zero attached hydrogens (tertiary/aromatic N) is 1. The molecule has 1 amide bonds. The monoisotopic (exact) mass is 377 g/mol. The molecular weight excluding hydrogens is 358 g/mol. The zero-order chi connectivity index (χ0) is 18.8. The molecule has 4 rings (SSSR count). The fraction of sp³-hybridized carbons (Fsp3) is 0.182. The number of hydrogen-bond donors (Lipinski definition) is 1. The molecule has 2 atom stereocenters. The normalized spacial score (nSPS) is 19.0. The summed E-state index contributed by atoms with van der Waals surface area (Å²) in [5, 5.41) is 11.9. The van der Waals surface area contributed by atoms with Gasteiger partial charge in [0.1, 0.15) is 5.92 Å². The summed E-state index contributed by atoms with van der Waals surface area (Å²) >= 11 is 1.50. The van der Waals surface area contributed by atoms with Gasteiger partial charge in [0.25, 0.3) is 5.91 Å². The number of carboxylic acids is 1. The molecule has 2 heterocycles. The van der Waals surface area contributed by atoms with Crippen molar-refractivity contribution in [1.29, 1.82) is 0 Å². The van der Waals surface area contributed by atoms with Gasteiger partial charge in [0.2, 0.25) is 0 Å². The van der Waals surface area contributed by atoms with Crippen LogP contribution >= 0.6 is 11.3 Å². The quantitative estimate of drug-likeness (QED) is 0.719. The fourth-order valence-electron chi connectivity index (χ4n) is 3.77. The average molecular weight is 377 g/mol. The fourth-order valence-corrected chi connectivity index (χ4v) is 4.65. The number of rotatable bonds is 5. The lowest BCUT2D eigenvalue weighted by atomic mass is 9.82. The topological polar surface area (TPSA) is 57.6 Å². The van der Waals surface area contributed by atoms with Crippen LogP contribution in [0.2, 0.25) is 0 Å². The highest BCUT2D eigenvalue weighted by atomic mass is 32.1. The number of carbonyl (C=O) groups excluding carboxylic acids is 1. The molecule has 136 valence electrons. The van der Waals surface area contributed by atoms with Crippen molar-refractivity contribution in [1.82, 2.24) is 4.90 Å². The Bertz CT molecular complexity index is 953. The summed E-state index contributed by atoms with van der Waals surface area (Å²) in [6, 6.07) is 20.4. The van der Waals surface area contributed by atoms with Gasteiger partial charge in [0, 0.05) is 17.0 Å². The number of thiophene rings is 1. The Morgan fingerprint density at radius 1 is 1.00 bits per heavy atom. The van der Waals surface area contributed by atoms with Crippen LogP contribution in [0, 0.1) is 0 Å². The van der Waals surface area contributed by atoms with Crippen LogP contribution in [-0.4, -0.2) is 28.4 Å². The van der Waals surface area contributed by atoms with Crippen molar-refractivity contribution >= 4 is 23.2 Å². The van der Waals surface area contributed by atoms with E-state index in [1.54, 1.807) is 29.2 Å². The standard InChI is InChI=1S/C22H19NO3S/c24-21-17-10-5-4-9-16(17)19(22(25)26)20(18-11-6-14-27-18)23(21)13-12-15-7-2-1-3-8-15/h1-11,14,19-20H,12-13H2,(H,25,26)/t19-,20-/m0/s1. The Morgan fingerprint density at radius 2 is 1.74 bits per heavy atom. The van der Waals surface area contributed by atoms with Gasteiger partial charge in [-0.1, -0.05) is 54.6 Å². The van der Waals surface area contributed by atoms with Gasteiger partial charge in [-0.3, -0.25) is 9.59 Å². The van der Waals surface area contributed by atoms with Crippen molar-refractivity contribution in [2.24, 2.45) is 0 Å². The Morgan fingerprint density at radius 3 is 2.44 bits per heavy atom. The molecule has 1 aliphatic heterocycles. The van der Waals surface area contributed by atoms with E-state index in [0.717, 1.165) is 10.4 Å². The number of hydrogen-bond acceptors (Lipinski definition) is 3. The minimum atomic E-state index is -0.905. The molecule has 0 saturated carbocycles. The lowest BCUT2D eigenvalue weighted by molar-refractivity contribution is -0.140. The highest BCUT2D eigenvalue weighted by Crippen LogP contribution is 2.44. The second-order valence-electron chi connectivity index (χ2n) is 6.60. The van der Waals surface area contributed by atoms with Gasteiger partial charge < -0.3 is 10.0 Å². The van der Waals surface area contributed by atoms with E-state index in [4.69, 9.17) is 0 Å². The summed E-state index contributed by atoms with van der Waals surface area (Å²) in [6.45, 7) is 0.476. The molecule has 0 spiro atoms. The molecule has 0 fully saturated rings. The molecule has 27 heavy (non-hydrogen) atoms. The largest absolute Gasteiger partial charge is 0.481 e. The third-order valence-electron chi connectivity index (χ3n) is 5.02. The lowest BCUT2D eigenvalue weighted by Crippen LogP contribution is -2.45. The molecule has 3 aromatic rings. The third-order valence-corrected chi connectivity index (χ3v) is 5.97. The van der Waals surface area contributed by atoms with Gasteiger partial charge in [-0.15, -0.1) is 11.3 Å². The zero-order valence-electron chi connectivity index (χ0n) is 14.6. The van der Waals surface area contributed by atoms with Gasteiger partial charge in [-0.05, 0) is 35.1 Å². The second-order valence-corrected chi connectivity index (χ2v) is 7.58. The van der Waals surface area contributed by atoms with Crippen molar-refractivity contribution in [2.75, 3.05) is 6.54 Å². The van der Waals surface area contributed by atoms with E-state index in [1.807, 2.05) is 47.8 Å². The SMILES string of the molecule is O=C(O)[C@H]1c2ccccc2C(=O)N(CCc2ccccc2)[C@H]1c1cccs1. The number of benzene rings is 2. The minimum absolute atomic E-state index is 0.0996. The van der Waals surface area contributed by atoms with E-state index in [9.17, 15) is 14.7 Å². The van der Waals surface area contributed by atoms with Crippen LogP contribution in [0.4, 0.5) is 0 Å². The lowest BCUT2D eigenvalue weighted by Gasteiger charge is -2.40. The van der Waals surface area contributed by atoms with Gasteiger partial charge in [-0.25, -0.2) is 0 Å². The summed E-state index contributed by atoms with van der Waals surface area (Å²) < 4.78 is 0. The van der Waals surface area contributed by atoms with Crippen molar-refractivity contribution < 1.29 is 14.7 Å². The highest BCUT2D eigenvalue weighted by molar-refractivity contribution is 7.10. The van der Waals surface area contributed by atoms with Crippen LogP contribution in [0.15, 0.2) is 72.1 Å². The van der Waals surface area contributed by atoms with Crippen molar-refractivity contribution in [3.05, 3.63) is 93.7 Å². The number of aliphatic carboxylic acids is 1. The maximum atomic E-state index is 13.2. The van der Waals surface area contributed by atoms with Crippen molar-refractivity contribution in [3.8, 4) is 0 Å². The Labute approximate surface area is 161 Å². The van der Waals surface area contributed by atoms with Crippen LogP contribution < -0.4 is 0 Å². The summed E-state index contributed by atoms with van der Waals surface area (Å²) in [5.41, 5.74) is 2.22. The molecule has 0 saturated heterocycles. The predicted octanol–water partition coefficient (Wildman–Crippen LogP) is 4.36. The summed E-state index contributed by atoms with van der Waals surface area (Å²) in [7, 11) is 0. The van der Waals surface area contributed by atoms with Crippen LogP contribution in [0.1, 0.15) is 38.3 Å². The van der Waals surface area contributed by atoms with Crippen LogP contribution in [0.3, 0.4) is 0 Å². The Balaban J connectivity index is 1.77. The molecule has 2 aromatic carbocycles. The molecule has 1 aliphatic rings. The van der Waals surface area contributed by atoms with Gasteiger partial charge in [0.15, 0.2) is 0 Å². The summed E-state index contributed by atoms with van der Waals surface area (Å²) in [5.74, 6) is -1.77. The van der Waals surface area contributed by atoms with E-state index in [2.05, 4.69) is 0 Å². The molecule has 1 aromatic heterocycles. The van der Waals surface area contributed by atoms with E-state index >= 15 is 0 Å². The predicted molar refractivity (Wildman–Crippen MR) is 105 cm³/mol. The maximum absolute atomic E-state index is 13.2. The number of carboxylic acid groups (broad SMARTS) is 1. The Hall–Kier alpha value is -2.92. The molecule has 0 radical (unpaired) electrons. The third kappa shape index (κ3) is 3.26. The molecule has 0 aliphatic carbocycles. The van der Waals surface area contributed by atoms with E-state index in [0.29, 0.717) is 24.1 Å². The van der Waals surface area contributed by atoms with E-state index in [1.165, 1.54) is 11.3 Å². The average Bonchev–Trinajstić information content (AvgIpc) is 3.22. The van der Waals surface area contributed by atoms with Gasteiger partial charge in [-0.2, -0.15) is 0 Å². The number of amides is 1. The first-order valence-electron chi connectivity index (χ1n) is 8.87. The van der Waals surface area contributed by atoms with Gasteiger partial charge >= 0.3 is 5.97 Å². The number of fused-ring (bicyclic) bond motifs is 1. The van der Waals surface area contributed by atoms with E-state index < -0.39 is 17.9 Å². The van der Waals surface area contributed by atoms with Crippen molar-refractivity contribution in [2.45, 2.75) is 18.4 Å². The molecule has 0 unspecified atom stereocenters. The molecule has 1 N–H and O–H groups in total. The smallest absolute Gasteiger partial charge is 0.313 e. The molecular formula is C22H19NO3S. The molecule has 0 bridgehead atoms. The number of carbonyl (C=O) groups is 2. The second kappa shape index (κ2) is 7.37.